The number of hydrogen-bond donors (Lipinski definition) is 2. The molecule has 17 heavy (non-hydrogen) atoms. The molecule has 0 radical (unpaired) electrons. The van der Waals surface area contributed by atoms with E-state index in [1.165, 1.54) is 6.33 Å². The first kappa shape index (κ1) is 11.4. The molecular formula is C11H10ClN5. The summed E-state index contributed by atoms with van der Waals surface area (Å²) in [5.74, 6) is 0.822. The number of nitrogens with zero attached hydrogens (tertiary/aromatic N) is 3. The minimum Gasteiger partial charge on any atom is -0.383 e. The Morgan fingerprint density at radius 2 is 2.35 bits per heavy atom. The van der Waals surface area contributed by atoms with E-state index in [2.05, 4.69) is 20.5 Å². The zero-order valence-corrected chi connectivity index (χ0v) is 9.70. The lowest BCUT2D eigenvalue weighted by atomic mass is 10.2. The molecule has 6 heteroatoms. The Bertz CT molecular complexity index is 529. The van der Waals surface area contributed by atoms with Gasteiger partial charge in [0.1, 0.15) is 12.2 Å². The van der Waals surface area contributed by atoms with Crippen LogP contribution in [0.5, 0.6) is 0 Å². The molecule has 0 saturated carbocycles. The molecule has 0 spiro atoms. The largest absolute Gasteiger partial charge is 0.383 e. The van der Waals surface area contributed by atoms with E-state index in [9.17, 15) is 0 Å². The lowest BCUT2D eigenvalue weighted by Gasteiger charge is -2.07. The topological polar surface area (TPSA) is 77.4 Å². The molecule has 1 heterocycles. The van der Waals surface area contributed by atoms with Crippen molar-refractivity contribution in [3.63, 3.8) is 0 Å². The molecule has 2 rings (SSSR count). The van der Waals surface area contributed by atoms with Gasteiger partial charge in [-0.2, -0.15) is 10.4 Å². The van der Waals surface area contributed by atoms with Gasteiger partial charge in [0.2, 0.25) is 0 Å². The molecule has 0 aliphatic rings. The van der Waals surface area contributed by atoms with Gasteiger partial charge in [-0.3, -0.25) is 5.10 Å². The van der Waals surface area contributed by atoms with Gasteiger partial charge in [0.25, 0.3) is 0 Å². The number of anilines is 1. The van der Waals surface area contributed by atoms with Crippen molar-refractivity contribution < 1.29 is 0 Å². The maximum atomic E-state index is 8.71. The maximum Gasteiger partial charge on any atom is 0.137 e. The van der Waals surface area contributed by atoms with Crippen LogP contribution in [0.15, 0.2) is 24.5 Å². The van der Waals surface area contributed by atoms with Crippen LogP contribution in [0, 0.1) is 11.3 Å². The van der Waals surface area contributed by atoms with Crippen LogP contribution in [0.1, 0.15) is 11.4 Å². The molecule has 86 valence electrons. The molecule has 0 aliphatic heterocycles. The first-order valence-electron chi connectivity index (χ1n) is 5.07. The highest BCUT2D eigenvalue weighted by Crippen LogP contribution is 2.22. The Labute approximate surface area is 103 Å². The summed E-state index contributed by atoms with van der Waals surface area (Å²) in [7, 11) is 0. The lowest BCUT2D eigenvalue weighted by Crippen LogP contribution is -2.06. The summed E-state index contributed by atoms with van der Waals surface area (Å²) in [6.07, 6.45) is 2.21. The molecule has 0 amide bonds. The third-order valence-corrected chi connectivity index (χ3v) is 2.55. The Morgan fingerprint density at radius 3 is 3.00 bits per heavy atom. The van der Waals surface area contributed by atoms with Crippen LogP contribution in [0.4, 0.5) is 5.69 Å². The van der Waals surface area contributed by atoms with Crippen molar-refractivity contribution in [3.8, 4) is 6.07 Å². The normalized spacial score (nSPS) is 9.88. The van der Waals surface area contributed by atoms with Crippen LogP contribution in [-0.2, 0) is 6.42 Å². The number of halogens is 1. The van der Waals surface area contributed by atoms with Gasteiger partial charge in [-0.15, -0.1) is 0 Å². The van der Waals surface area contributed by atoms with Crippen molar-refractivity contribution in [2.45, 2.75) is 6.42 Å². The predicted molar refractivity (Wildman–Crippen MR) is 64.7 cm³/mol. The van der Waals surface area contributed by atoms with Crippen molar-refractivity contribution in [2.24, 2.45) is 0 Å². The van der Waals surface area contributed by atoms with Crippen LogP contribution in [0.25, 0.3) is 0 Å². The zero-order chi connectivity index (χ0) is 12.1. The molecule has 1 aromatic carbocycles. The summed E-state index contributed by atoms with van der Waals surface area (Å²) >= 11 is 6.02. The van der Waals surface area contributed by atoms with Gasteiger partial charge in [-0.05, 0) is 18.2 Å². The molecule has 1 aromatic heterocycles. The Kier molecular flexibility index (Phi) is 3.58. The second kappa shape index (κ2) is 5.32. The molecule has 0 unspecified atom stereocenters. The first-order valence-corrected chi connectivity index (χ1v) is 5.45. The number of benzene rings is 1. The SMILES string of the molecule is N#Cc1ccc(NCCc2ncn[nH]2)c(Cl)c1. The molecule has 0 saturated heterocycles. The third-order valence-electron chi connectivity index (χ3n) is 2.24. The van der Waals surface area contributed by atoms with Gasteiger partial charge in [-0.25, -0.2) is 4.98 Å². The highest BCUT2D eigenvalue weighted by atomic mass is 35.5. The fraction of sp³-hybridized carbons (Fsp3) is 0.182. The van der Waals surface area contributed by atoms with E-state index >= 15 is 0 Å². The van der Waals surface area contributed by atoms with Crippen LogP contribution in [0.3, 0.4) is 0 Å². The van der Waals surface area contributed by atoms with E-state index in [1.807, 2.05) is 6.07 Å². The molecule has 0 bridgehead atoms. The predicted octanol–water partition coefficient (Wildman–Crippen LogP) is 1.98. The van der Waals surface area contributed by atoms with E-state index in [4.69, 9.17) is 16.9 Å². The monoisotopic (exact) mass is 247 g/mol. The standard InChI is InChI=1S/C11H10ClN5/c12-9-5-8(6-13)1-2-10(9)14-4-3-11-15-7-16-17-11/h1-2,5,7,14H,3-4H2,(H,15,16,17). The average molecular weight is 248 g/mol. The van der Waals surface area contributed by atoms with Crippen LogP contribution in [0.2, 0.25) is 5.02 Å². The van der Waals surface area contributed by atoms with Crippen LogP contribution < -0.4 is 5.32 Å². The summed E-state index contributed by atoms with van der Waals surface area (Å²) in [5, 5.41) is 19.0. The summed E-state index contributed by atoms with van der Waals surface area (Å²) in [4.78, 5) is 4.01. The summed E-state index contributed by atoms with van der Waals surface area (Å²) < 4.78 is 0. The number of nitriles is 1. The zero-order valence-electron chi connectivity index (χ0n) is 8.94. The van der Waals surface area contributed by atoms with Crippen molar-refractivity contribution in [3.05, 3.63) is 40.9 Å². The van der Waals surface area contributed by atoms with Gasteiger partial charge in [0, 0.05) is 13.0 Å². The smallest absolute Gasteiger partial charge is 0.137 e. The quantitative estimate of drug-likeness (QED) is 0.866. The second-order valence-corrected chi connectivity index (χ2v) is 3.82. The van der Waals surface area contributed by atoms with E-state index in [-0.39, 0.29) is 0 Å². The first-order chi connectivity index (χ1) is 8.29. The number of nitrogens with one attached hydrogen (secondary N) is 2. The number of aromatic amines is 1. The molecule has 0 aliphatic carbocycles. The Morgan fingerprint density at radius 1 is 1.47 bits per heavy atom. The molecule has 2 aromatic rings. The van der Waals surface area contributed by atoms with Crippen molar-refractivity contribution in [2.75, 3.05) is 11.9 Å². The van der Waals surface area contributed by atoms with Gasteiger partial charge in [-0.1, -0.05) is 11.6 Å². The fourth-order valence-corrected chi connectivity index (χ4v) is 1.64. The molecule has 0 fully saturated rings. The molecule has 2 N–H and O–H groups in total. The van der Waals surface area contributed by atoms with Crippen LogP contribution >= 0.6 is 11.6 Å². The highest BCUT2D eigenvalue weighted by molar-refractivity contribution is 6.33. The number of H-pyrrole nitrogens is 1. The molecule has 5 nitrogen and oxygen atoms in total. The minimum atomic E-state index is 0.543. The summed E-state index contributed by atoms with van der Waals surface area (Å²) in [6, 6.07) is 7.19. The number of hydrogen-bond acceptors (Lipinski definition) is 4. The van der Waals surface area contributed by atoms with Crippen molar-refractivity contribution in [1.82, 2.24) is 15.2 Å². The van der Waals surface area contributed by atoms with Gasteiger partial charge in [0.05, 0.1) is 22.3 Å². The van der Waals surface area contributed by atoms with Gasteiger partial charge < -0.3 is 5.32 Å². The summed E-state index contributed by atoms with van der Waals surface area (Å²) in [6.45, 7) is 0.695. The van der Waals surface area contributed by atoms with E-state index in [0.29, 0.717) is 17.1 Å². The lowest BCUT2D eigenvalue weighted by molar-refractivity contribution is 0.901. The Hall–Kier alpha value is -2.06. The highest BCUT2D eigenvalue weighted by Gasteiger charge is 2.01. The third kappa shape index (κ3) is 2.95. The maximum absolute atomic E-state index is 8.71. The number of aromatic nitrogens is 3. The van der Waals surface area contributed by atoms with Crippen LogP contribution in [-0.4, -0.2) is 21.7 Å². The fourth-order valence-electron chi connectivity index (χ4n) is 1.39. The van der Waals surface area contributed by atoms with E-state index in [0.717, 1.165) is 17.9 Å². The Balaban J connectivity index is 1.93. The van der Waals surface area contributed by atoms with Crippen molar-refractivity contribution in [1.29, 1.82) is 5.26 Å². The molecule has 0 atom stereocenters. The van der Waals surface area contributed by atoms with E-state index < -0.39 is 0 Å². The van der Waals surface area contributed by atoms with Crippen molar-refractivity contribution >= 4 is 17.3 Å². The molecular weight excluding hydrogens is 238 g/mol. The van der Waals surface area contributed by atoms with Gasteiger partial charge >= 0.3 is 0 Å². The average Bonchev–Trinajstić information content (AvgIpc) is 2.84. The van der Waals surface area contributed by atoms with Gasteiger partial charge in [0.15, 0.2) is 0 Å². The summed E-state index contributed by atoms with van der Waals surface area (Å²) in [5.41, 5.74) is 1.36. The van der Waals surface area contributed by atoms with E-state index in [1.54, 1.807) is 18.2 Å². The minimum absolute atomic E-state index is 0.543. The second-order valence-electron chi connectivity index (χ2n) is 3.42. The number of rotatable bonds is 4.